The largest absolute Gasteiger partial charge is 0.311 e. The van der Waals surface area contributed by atoms with E-state index in [1.165, 1.54) is 6.33 Å². The van der Waals surface area contributed by atoms with E-state index >= 15 is 0 Å². The quantitative estimate of drug-likeness (QED) is 0.660. The molecule has 0 amide bonds. The van der Waals surface area contributed by atoms with Crippen LogP contribution in [0.2, 0.25) is 0 Å². The van der Waals surface area contributed by atoms with Crippen LogP contribution in [0.5, 0.6) is 0 Å². The molecule has 0 radical (unpaired) electrons. The van der Waals surface area contributed by atoms with Crippen LogP contribution in [0, 0.1) is 5.82 Å². The predicted octanol–water partition coefficient (Wildman–Crippen LogP) is 1.03. The molecule has 1 rings (SSSR count). The third-order valence-corrected chi connectivity index (χ3v) is 1.37. The van der Waals surface area contributed by atoms with Crippen molar-refractivity contribution in [2.75, 3.05) is 0 Å². The molecule has 0 atom stereocenters. The number of nitrogens with zero attached hydrogens (tertiary/aromatic N) is 1. The van der Waals surface area contributed by atoms with E-state index in [1.807, 2.05) is 0 Å². The Labute approximate surface area is 63.3 Å². The minimum absolute atomic E-state index is 0.0581. The van der Waals surface area contributed by atoms with Gasteiger partial charge in [0, 0.05) is 0 Å². The van der Waals surface area contributed by atoms with Crippen molar-refractivity contribution in [2.24, 2.45) is 0 Å². The van der Waals surface area contributed by atoms with E-state index in [9.17, 15) is 9.18 Å². The molecule has 0 aliphatic rings. The van der Waals surface area contributed by atoms with Crippen LogP contribution in [0.3, 0.4) is 0 Å². The van der Waals surface area contributed by atoms with Gasteiger partial charge >= 0.3 is 0 Å². The summed E-state index contributed by atoms with van der Waals surface area (Å²) in [4.78, 5) is 16.5. The molecule has 0 aromatic carbocycles. The van der Waals surface area contributed by atoms with Crippen LogP contribution in [-0.2, 0) is 0 Å². The lowest BCUT2D eigenvalue weighted by molar-refractivity contribution is 0.564. The lowest BCUT2D eigenvalue weighted by Gasteiger charge is -2.02. The fraction of sp³-hybridized carbons (Fsp3) is 0.429. The summed E-state index contributed by atoms with van der Waals surface area (Å²) in [5.41, 5.74) is -0.488. The van der Waals surface area contributed by atoms with Gasteiger partial charge in [0.15, 0.2) is 0 Å². The average Bonchev–Trinajstić information content (AvgIpc) is 1.94. The van der Waals surface area contributed by atoms with E-state index < -0.39 is 11.4 Å². The summed E-state index contributed by atoms with van der Waals surface area (Å²) >= 11 is 0. The molecule has 11 heavy (non-hydrogen) atoms. The van der Waals surface area contributed by atoms with Gasteiger partial charge in [-0.15, -0.1) is 0 Å². The van der Waals surface area contributed by atoms with Crippen molar-refractivity contribution in [2.45, 2.75) is 19.8 Å². The molecule has 0 bridgehead atoms. The van der Waals surface area contributed by atoms with Gasteiger partial charge in [0.2, 0.25) is 5.82 Å². The van der Waals surface area contributed by atoms with Gasteiger partial charge in [0.1, 0.15) is 0 Å². The molecule has 1 heterocycles. The topological polar surface area (TPSA) is 45.8 Å². The Balaban J connectivity index is 3.28. The first-order chi connectivity index (χ1) is 5.13. The van der Waals surface area contributed by atoms with Crippen LogP contribution in [0.1, 0.15) is 25.5 Å². The molecule has 1 aromatic rings. The van der Waals surface area contributed by atoms with Crippen molar-refractivity contribution in [3.8, 4) is 0 Å². The Bertz CT molecular complexity index is 306. The van der Waals surface area contributed by atoms with Crippen LogP contribution in [0.15, 0.2) is 11.1 Å². The third kappa shape index (κ3) is 1.45. The summed E-state index contributed by atoms with van der Waals surface area (Å²) in [7, 11) is 0. The molecular formula is C7H9FN2O. The van der Waals surface area contributed by atoms with Crippen molar-refractivity contribution in [3.63, 3.8) is 0 Å². The number of rotatable bonds is 1. The van der Waals surface area contributed by atoms with E-state index in [4.69, 9.17) is 0 Å². The molecule has 0 saturated carbocycles. The number of hydrogen-bond acceptors (Lipinski definition) is 2. The Morgan fingerprint density at radius 2 is 2.27 bits per heavy atom. The highest BCUT2D eigenvalue weighted by molar-refractivity contribution is 5.06. The minimum atomic E-state index is -0.775. The Kier molecular flexibility index (Phi) is 2.03. The smallest absolute Gasteiger partial charge is 0.287 e. The lowest BCUT2D eigenvalue weighted by atomic mass is 10.1. The monoisotopic (exact) mass is 156 g/mol. The summed E-state index contributed by atoms with van der Waals surface area (Å²) in [5, 5.41) is 0. The maximum absolute atomic E-state index is 12.8. The molecule has 0 spiro atoms. The second-order valence-corrected chi connectivity index (χ2v) is 2.59. The third-order valence-electron chi connectivity index (χ3n) is 1.37. The van der Waals surface area contributed by atoms with E-state index in [-0.39, 0.29) is 11.6 Å². The molecule has 0 aliphatic carbocycles. The molecule has 0 fully saturated rings. The number of H-pyrrole nitrogens is 1. The lowest BCUT2D eigenvalue weighted by Crippen LogP contribution is -2.15. The summed E-state index contributed by atoms with van der Waals surface area (Å²) in [6.45, 7) is 3.57. The molecular weight excluding hydrogens is 147 g/mol. The first-order valence-electron chi connectivity index (χ1n) is 3.36. The van der Waals surface area contributed by atoms with E-state index in [1.54, 1.807) is 13.8 Å². The number of hydrogen-bond donors (Lipinski definition) is 1. The summed E-state index contributed by atoms with van der Waals surface area (Å²) in [6, 6.07) is 0. The molecule has 0 aliphatic heterocycles. The zero-order chi connectivity index (χ0) is 8.43. The van der Waals surface area contributed by atoms with Gasteiger partial charge in [-0.1, -0.05) is 13.8 Å². The molecule has 3 nitrogen and oxygen atoms in total. The second kappa shape index (κ2) is 2.82. The highest BCUT2D eigenvalue weighted by Gasteiger charge is 2.10. The van der Waals surface area contributed by atoms with Crippen molar-refractivity contribution < 1.29 is 4.39 Å². The Morgan fingerprint density at radius 1 is 1.64 bits per heavy atom. The first-order valence-corrected chi connectivity index (χ1v) is 3.36. The minimum Gasteiger partial charge on any atom is -0.311 e. The van der Waals surface area contributed by atoms with E-state index in [0.29, 0.717) is 0 Å². The second-order valence-electron chi connectivity index (χ2n) is 2.59. The van der Waals surface area contributed by atoms with Gasteiger partial charge in [-0.2, -0.15) is 4.39 Å². The van der Waals surface area contributed by atoms with Crippen molar-refractivity contribution in [3.05, 3.63) is 28.2 Å². The van der Waals surface area contributed by atoms with Crippen molar-refractivity contribution in [1.29, 1.82) is 0 Å². The fourth-order valence-corrected chi connectivity index (χ4v) is 0.799. The molecule has 4 heteroatoms. The van der Waals surface area contributed by atoms with E-state index in [2.05, 4.69) is 9.97 Å². The van der Waals surface area contributed by atoms with Gasteiger partial charge in [0.25, 0.3) is 5.56 Å². The van der Waals surface area contributed by atoms with Gasteiger partial charge in [-0.25, -0.2) is 4.98 Å². The number of aromatic nitrogens is 2. The van der Waals surface area contributed by atoms with Crippen LogP contribution >= 0.6 is 0 Å². The van der Waals surface area contributed by atoms with Gasteiger partial charge in [0.05, 0.1) is 12.0 Å². The van der Waals surface area contributed by atoms with Crippen LogP contribution in [0.4, 0.5) is 4.39 Å². The summed E-state index contributed by atoms with van der Waals surface area (Å²) < 4.78 is 12.8. The number of halogens is 1. The summed E-state index contributed by atoms with van der Waals surface area (Å²) in [5.74, 6) is -0.834. The molecule has 0 saturated heterocycles. The molecule has 1 N–H and O–H groups in total. The SMILES string of the molecule is CC(C)c1nc[nH]c(=O)c1F. The molecule has 1 aromatic heterocycles. The van der Waals surface area contributed by atoms with Crippen LogP contribution in [0.25, 0.3) is 0 Å². The van der Waals surface area contributed by atoms with Gasteiger partial charge in [-0.05, 0) is 5.92 Å². The van der Waals surface area contributed by atoms with E-state index in [0.717, 1.165) is 0 Å². The maximum atomic E-state index is 12.8. The number of aromatic amines is 1. The first kappa shape index (κ1) is 7.91. The molecule has 0 unspecified atom stereocenters. The van der Waals surface area contributed by atoms with Crippen LogP contribution < -0.4 is 5.56 Å². The maximum Gasteiger partial charge on any atom is 0.287 e. The van der Waals surface area contributed by atoms with Crippen LogP contribution in [-0.4, -0.2) is 9.97 Å². The highest BCUT2D eigenvalue weighted by atomic mass is 19.1. The zero-order valence-electron chi connectivity index (χ0n) is 6.39. The summed E-state index contributed by atoms with van der Waals surface area (Å²) in [6.07, 6.45) is 1.21. The molecule has 60 valence electrons. The Hall–Kier alpha value is -1.19. The van der Waals surface area contributed by atoms with Gasteiger partial charge < -0.3 is 4.98 Å². The predicted molar refractivity (Wildman–Crippen MR) is 38.9 cm³/mol. The highest BCUT2D eigenvalue weighted by Crippen LogP contribution is 2.10. The van der Waals surface area contributed by atoms with Crippen molar-refractivity contribution >= 4 is 0 Å². The van der Waals surface area contributed by atoms with Crippen molar-refractivity contribution in [1.82, 2.24) is 9.97 Å². The average molecular weight is 156 g/mol. The normalized spacial score (nSPS) is 10.5. The van der Waals surface area contributed by atoms with Gasteiger partial charge in [-0.3, -0.25) is 4.79 Å². The Morgan fingerprint density at radius 3 is 2.73 bits per heavy atom. The fourth-order valence-electron chi connectivity index (χ4n) is 0.799. The number of nitrogens with one attached hydrogen (secondary N) is 1. The zero-order valence-corrected chi connectivity index (χ0v) is 6.39. The standard InChI is InChI=1S/C7H9FN2O/c1-4(2)6-5(8)7(11)10-3-9-6/h3-4H,1-2H3,(H,9,10,11).